The monoisotopic (exact) mass is 533 g/mol. The average Bonchev–Trinajstić information content (AvgIpc) is 3.27. The smallest absolute Gasteiger partial charge is 0.226 e. The number of halogens is 1. The Bertz CT molecular complexity index is 871. The Morgan fingerprint density at radius 1 is 1.03 bits per heavy atom. The molecule has 31 heavy (non-hydrogen) atoms. The zero-order valence-corrected chi connectivity index (χ0v) is 20.4. The Hall–Kier alpha value is -2.29. The van der Waals surface area contributed by atoms with Gasteiger partial charge in [-0.3, -0.25) is 9.79 Å². The lowest BCUT2D eigenvalue weighted by Gasteiger charge is -2.27. The Kier molecular flexibility index (Phi) is 8.57. The number of carbonyl (C=O) groups is 1. The standard InChI is InChI=1S/C24H31N5O.HI/c1-25-24(27-20-14-16-28(18-20)21-7-3-2-4-8-21)26-17-19-10-12-22(13-11-19)29-15-6-5-9-23(29)30;/h2-4,7-8,10-13,20H,5-6,9,14-18H2,1H3,(H2,25,26,27);1H. The molecule has 2 aliphatic heterocycles. The zero-order valence-electron chi connectivity index (χ0n) is 18.1. The maximum absolute atomic E-state index is 12.1. The van der Waals surface area contributed by atoms with E-state index in [1.807, 2.05) is 24.1 Å². The van der Waals surface area contributed by atoms with Crippen LogP contribution in [0.5, 0.6) is 0 Å². The van der Waals surface area contributed by atoms with E-state index in [-0.39, 0.29) is 29.9 Å². The van der Waals surface area contributed by atoms with Gasteiger partial charge in [-0.05, 0) is 49.1 Å². The highest BCUT2D eigenvalue weighted by Crippen LogP contribution is 2.22. The molecule has 2 aromatic carbocycles. The highest BCUT2D eigenvalue weighted by Gasteiger charge is 2.23. The van der Waals surface area contributed by atoms with Gasteiger partial charge in [-0.15, -0.1) is 24.0 Å². The molecular formula is C24H32IN5O. The van der Waals surface area contributed by atoms with Crippen LogP contribution in [0.4, 0.5) is 11.4 Å². The third-order valence-electron chi connectivity index (χ3n) is 5.91. The molecule has 2 fully saturated rings. The van der Waals surface area contributed by atoms with Gasteiger partial charge < -0.3 is 20.4 Å². The molecule has 1 unspecified atom stereocenters. The average molecular weight is 533 g/mol. The first-order valence-corrected chi connectivity index (χ1v) is 10.9. The molecule has 0 bridgehead atoms. The Labute approximate surface area is 202 Å². The number of amides is 1. The number of nitrogens with one attached hydrogen (secondary N) is 2. The quantitative estimate of drug-likeness (QED) is 0.349. The number of hydrogen-bond donors (Lipinski definition) is 2. The van der Waals surface area contributed by atoms with Gasteiger partial charge in [0.2, 0.25) is 5.91 Å². The van der Waals surface area contributed by atoms with Gasteiger partial charge in [0.25, 0.3) is 0 Å². The van der Waals surface area contributed by atoms with Crippen LogP contribution in [0.3, 0.4) is 0 Å². The van der Waals surface area contributed by atoms with Gasteiger partial charge in [0, 0.05) is 57.1 Å². The van der Waals surface area contributed by atoms with Gasteiger partial charge in [-0.1, -0.05) is 30.3 Å². The normalized spacial score (nSPS) is 19.2. The van der Waals surface area contributed by atoms with Crippen LogP contribution in [0.2, 0.25) is 0 Å². The number of aliphatic imine (C=N–C) groups is 1. The largest absolute Gasteiger partial charge is 0.369 e. The number of hydrogen-bond acceptors (Lipinski definition) is 3. The summed E-state index contributed by atoms with van der Waals surface area (Å²) in [7, 11) is 1.81. The molecule has 0 aliphatic carbocycles. The maximum atomic E-state index is 12.1. The summed E-state index contributed by atoms with van der Waals surface area (Å²) >= 11 is 0. The number of carbonyl (C=O) groups excluding carboxylic acids is 1. The van der Waals surface area contributed by atoms with Crippen LogP contribution in [0.1, 0.15) is 31.2 Å². The fourth-order valence-electron chi connectivity index (χ4n) is 4.20. The second-order valence-corrected chi connectivity index (χ2v) is 8.01. The van der Waals surface area contributed by atoms with Crippen molar-refractivity contribution in [2.24, 2.45) is 4.99 Å². The van der Waals surface area contributed by atoms with E-state index in [1.54, 1.807) is 0 Å². The van der Waals surface area contributed by atoms with Crippen LogP contribution in [-0.2, 0) is 11.3 Å². The summed E-state index contributed by atoms with van der Waals surface area (Å²) in [6, 6.07) is 19.2. The van der Waals surface area contributed by atoms with Crippen molar-refractivity contribution < 1.29 is 4.79 Å². The first-order chi connectivity index (χ1) is 14.7. The van der Waals surface area contributed by atoms with E-state index in [9.17, 15) is 4.79 Å². The SMILES string of the molecule is CN=C(NCc1ccc(N2CCCCC2=O)cc1)NC1CCN(c2ccccc2)C1.I. The Morgan fingerprint density at radius 2 is 1.81 bits per heavy atom. The summed E-state index contributed by atoms with van der Waals surface area (Å²) in [6.07, 6.45) is 3.84. The van der Waals surface area contributed by atoms with Crippen LogP contribution < -0.4 is 20.4 Å². The first-order valence-electron chi connectivity index (χ1n) is 10.9. The lowest BCUT2D eigenvalue weighted by molar-refractivity contribution is -0.119. The van der Waals surface area contributed by atoms with Gasteiger partial charge in [-0.25, -0.2) is 0 Å². The third kappa shape index (κ3) is 6.12. The molecule has 2 N–H and O–H groups in total. The molecule has 4 rings (SSSR count). The topological polar surface area (TPSA) is 60.0 Å². The molecule has 6 nitrogen and oxygen atoms in total. The number of guanidine groups is 1. The molecule has 1 amide bonds. The zero-order chi connectivity index (χ0) is 20.8. The van der Waals surface area contributed by atoms with Crippen molar-refractivity contribution >= 4 is 47.2 Å². The van der Waals surface area contributed by atoms with Crippen LogP contribution in [0.15, 0.2) is 59.6 Å². The molecule has 0 spiro atoms. The second kappa shape index (κ2) is 11.4. The third-order valence-corrected chi connectivity index (χ3v) is 5.91. The molecule has 1 atom stereocenters. The lowest BCUT2D eigenvalue weighted by Crippen LogP contribution is -2.44. The van der Waals surface area contributed by atoms with Gasteiger partial charge >= 0.3 is 0 Å². The van der Waals surface area contributed by atoms with Crippen molar-refractivity contribution in [1.82, 2.24) is 10.6 Å². The van der Waals surface area contributed by atoms with Crippen molar-refractivity contribution in [3.05, 3.63) is 60.2 Å². The van der Waals surface area contributed by atoms with E-state index < -0.39 is 0 Å². The first kappa shape index (κ1) is 23.4. The van der Waals surface area contributed by atoms with Crippen molar-refractivity contribution in [3.63, 3.8) is 0 Å². The van der Waals surface area contributed by atoms with Crippen molar-refractivity contribution in [1.29, 1.82) is 0 Å². The maximum Gasteiger partial charge on any atom is 0.226 e. The highest BCUT2D eigenvalue weighted by atomic mass is 127. The van der Waals surface area contributed by atoms with Crippen molar-refractivity contribution in [2.75, 3.05) is 36.5 Å². The number of benzene rings is 2. The lowest BCUT2D eigenvalue weighted by atomic mass is 10.1. The van der Waals surface area contributed by atoms with Crippen LogP contribution in [0.25, 0.3) is 0 Å². The minimum atomic E-state index is 0. The molecule has 7 heteroatoms. The summed E-state index contributed by atoms with van der Waals surface area (Å²) in [5.74, 6) is 1.06. The molecule has 0 aromatic heterocycles. The number of nitrogens with zero attached hydrogens (tertiary/aromatic N) is 3. The molecule has 0 radical (unpaired) electrons. The van der Waals surface area contributed by atoms with Gasteiger partial charge in [0.1, 0.15) is 0 Å². The van der Waals surface area contributed by atoms with Crippen LogP contribution >= 0.6 is 24.0 Å². The Balaban J connectivity index is 0.00000272. The van der Waals surface area contributed by atoms with Crippen LogP contribution in [-0.4, -0.2) is 44.6 Å². The number of anilines is 2. The van der Waals surface area contributed by atoms with Gasteiger partial charge in [0.15, 0.2) is 5.96 Å². The van der Waals surface area contributed by atoms with E-state index in [0.29, 0.717) is 19.0 Å². The summed E-state index contributed by atoms with van der Waals surface area (Å²) in [5.41, 5.74) is 3.44. The molecule has 166 valence electrons. The van der Waals surface area contributed by atoms with Crippen LogP contribution in [0, 0.1) is 0 Å². The number of piperidine rings is 1. The number of rotatable bonds is 5. The predicted octanol–water partition coefficient (Wildman–Crippen LogP) is 3.77. The van der Waals surface area contributed by atoms with E-state index in [2.05, 4.69) is 63.0 Å². The summed E-state index contributed by atoms with van der Waals surface area (Å²) < 4.78 is 0. The van der Waals surface area contributed by atoms with E-state index >= 15 is 0 Å². The second-order valence-electron chi connectivity index (χ2n) is 8.01. The fourth-order valence-corrected chi connectivity index (χ4v) is 4.20. The fraction of sp³-hybridized carbons (Fsp3) is 0.417. The van der Waals surface area contributed by atoms with Crippen molar-refractivity contribution in [2.45, 2.75) is 38.3 Å². The summed E-state index contributed by atoms with van der Waals surface area (Å²) in [4.78, 5) is 20.8. The molecule has 0 saturated carbocycles. The summed E-state index contributed by atoms with van der Waals surface area (Å²) in [6.45, 7) is 3.55. The molecule has 2 saturated heterocycles. The molecule has 2 aliphatic rings. The molecule has 2 heterocycles. The summed E-state index contributed by atoms with van der Waals surface area (Å²) in [5, 5.41) is 6.96. The van der Waals surface area contributed by atoms with E-state index in [4.69, 9.17) is 0 Å². The molecule has 2 aromatic rings. The van der Waals surface area contributed by atoms with E-state index in [0.717, 1.165) is 50.5 Å². The number of para-hydroxylation sites is 1. The van der Waals surface area contributed by atoms with Crippen molar-refractivity contribution in [3.8, 4) is 0 Å². The predicted molar refractivity (Wildman–Crippen MR) is 138 cm³/mol. The minimum Gasteiger partial charge on any atom is -0.369 e. The van der Waals surface area contributed by atoms with Gasteiger partial charge in [0.05, 0.1) is 0 Å². The van der Waals surface area contributed by atoms with Gasteiger partial charge in [-0.2, -0.15) is 0 Å². The highest BCUT2D eigenvalue weighted by molar-refractivity contribution is 14.0. The molecular weight excluding hydrogens is 501 g/mol. The minimum absolute atomic E-state index is 0. The van der Waals surface area contributed by atoms with E-state index in [1.165, 1.54) is 11.3 Å². The Morgan fingerprint density at radius 3 is 2.52 bits per heavy atom.